The molecule has 0 saturated heterocycles. The largest absolute Gasteiger partial charge is 0.493 e. The van der Waals surface area contributed by atoms with Crippen LogP contribution in [0.25, 0.3) is 0 Å². The van der Waals surface area contributed by atoms with Crippen molar-refractivity contribution < 1.29 is 33.5 Å². The highest BCUT2D eigenvalue weighted by molar-refractivity contribution is 5.67. The van der Waals surface area contributed by atoms with Crippen LogP contribution in [0.3, 0.4) is 0 Å². The molecular formula is C43H53N3O7. The Hall–Kier alpha value is -4.32. The van der Waals surface area contributed by atoms with Crippen molar-refractivity contribution in [2.24, 2.45) is 0 Å². The van der Waals surface area contributed by atoms with E-state index in [9.17, 15) is 5.11 Å². The third-order valence-corrected chi connectivity index (χ3v) is 11.2. The van der Waals surface area contributed by atoms with Crippen molar-refractivity contribution in [3.05, 3.63) is 99.1 Å². The van der Waals surface area contributed by atoms with Crippen LogP contribution in [-0.4, -0.2) is 83.7 Å². The van der Waals surface area contributed by atoms with Crippen LogP contribution in [0, 0.1) is 0 Å². The summed E-state index contributed by atoms with van der Waals surface area (Å²) in [6, 6.07) is 18.9. The smallest absolute Gasteiger partial charge is 0.204 e. The molecule has 8 rings (SSSR count). The van der Waals surface area contributed by atoms with Gasteiger partial charge < -0.3 is 38.8 Å². The van der Waals surface area contributed by atoms with E-state index in [2.05, 4.69) is 65.6 Å². The number of aliphatic hydroxyl groups is 1. The second kappa shape index (κ2) is 16.4. The summed E-state index contributed by atoms with van der Waals surface area (Å²) in [6.07, 6.45) is 4.10. The molecule has 2 N–H and O–H groups in total. The summed E-state index contributed by atoms with van der Waals surface area (Å²) in [5.74, 6) is 4.56. The predicted octanol–water partition coefficient (Wildman–Crippen LogP) is 6.77. The molecule has 2 atom stereocenters. The van der Waals surface area contributed by atoms with Gasteiger partial charge in [0.25, 0.3) is 0 Å². The molecule has 53 heavy (non-hydrogen) atoms. The van der Waals surface area contributed by atoms with E-state index in [4.69, 9.17) is 28.4 Å². The van der Waals surface area contributed by atoms with E-state index in [0.717, 1.165) is 73.3 Å². The number of nitrogens with one attached hydrogen (secondary N) is 1. The van der Waals surface area contributed by atoms with Crippen molar-refractivity contribution in [2.75, 3.05) is 68.8 Å². The molecule has 282 valence electrons. The second-order valence-corrected chi connectivity index (χ2v) is 14.3. The fourth-order valence-corrected chi connectivity index (χ4v) is 8.30. The van der Waals surface area contributed by atoms with Gasteiger partial charge in [-0.2, -0.15) is 0 Å². The molecule has 0 radical (unpaired) electrons. The number of hydrogen-bond acceptors (Lipinski definition) is 10. The van der Waals surface area contributed by atoms with Crippen LogP contribution < -0.4 is 29.0 Å². The maximum atomic E-state index is 10.8. The van der Waals surface area contributed by atoms with Gasteiger partial charge in [-0.15, -0.1) is 0 Å². The van der Waals surface area contributed by atoms with Gasteiger partial charge in [0.05, 0.1) is 27.9 Å². The third-order valence-electron chi connectivity index (χ3n) is 11.2. The lowest BCUT2D eigenvalue weighted by atomic mass is 9.84. The van der Waals surface area contributed by atoms with Crippen molar-refractivity contribution in [3.8, 4) is 40.2 Å². The summed E-state index contributed by atoms with van der Waals surface area (Å²) in [5, 5.41) is 14.4. The molecule has 4 aliphatic rings. The van der Waals surface area contributed by atoms with Crippen molar-refractivity contribution >= 4 is 0 Å². The molecular weight excluding hydrogens is 670 g/mol. The van der Waals surface area contributed by atoms with Gasteiger partial charge in [0.1, 0.15) is 11.5 Å². The molecule has 0 fully saturated rings. The Morgan fingerprint density at radius 1 is 0.792 bits per heavy atom. The lowest BCUT2D eigenvalue weighted by Crippen LogP contribution is -2.35. The van der Waals surface area contributed by atoms with Gasteiger partial charge >= 0.3 is 0 Å². The van der Waals surface area contributed by atoms with Crippen LogP contribution in [-0.2, 0) is 43.6 Å². The molecule has 0 spiro atoms. The first kappa shape index (κ1) is 37.0. The molecule has 4 aliphatic heterocycles. The normalized spacial score (nSPS) is 18.3. The first-order valence-corrected chi connectivity index (χ1v) is 18.6. The Morgan fingerprint density at radius 3 is 2.26 bits per heavy atom. The zero-order chi connectivity index (χ0) is 37.1. The van der Waals surface area contributed by atoms with Crippen molar-refractivity contribution in [3.63, 3.8) is 0 Å². The number of likely N-dealkylation sites (N-methyl/N-ethyl adjacent to an activating group) is 2. The van der Waals surface area contributed by atoms with Crippen molar-refractivity contribution in [2.45, 2.75) is 57.3 Å². The molecule has 10 nitrogen and oxygen atoms in total. The Balaban J connectivity index is 1.46. The first-order chi connectivity index (χ1) is 25.9. The van der Waals surface area contributed by atoms with Crippen LogP contribution in [0.1, 0.15) is 63.0 Å². The fourth-order valence-electron chi connectivity index (χ4n) is 8.30. The Morgan fingerprint density at radius 2 is 1.53 bits per heavy atom. The van der Waals surface area contributed by atoms with Gasteiger partial charge in [0, 0.05) is 62.1 Å². The molecule has 10 heteroatoms. The first-order valence-electron chi connectivity index (χ1n) is 18.6. The van der Waals surface area contributed by atoms with E-state index >= 15 is 0 Å². The average Bonchev–Trinajstić information content (AvgIpc) is 3.17. The monoisotopic (exact) mass is 723 g/mol. The molecule has 4 aromatic carbocycles. The highest BCUT2D eigenvalue weighted by Crippen LogP contribution is 2.53. The minimum absolute atomic E-state index is 0.0747. The molecule has 0 unspecified atom stereocenters. The Labute approximate surface area is 313 Å². The highest BCUT2D eigenvalue weighted by atomic mass is 16.5. The third kappa shape index (κ3) is 7.43. The van der Waals surface area contributed by atoms with Crippen LogP contribution in [0.4, 0.5) is 0 Å². The predicted molar refractivity (Wildman–Crippen MR) is 205 cm³/mol. The van der Waals surface area contributed by atoms with Crippen molar-refractivity contribution in [1.82, 2.24) is 15.1 Å². The second-order valence-electron chi connectivity index (χ2n) is 14.3. The van der Waals surface area contributed by atoms with E-state index in [1.807, 2.05) is 18.2 Å². The standard InChI is InChI=1S/C43H53N3O7/c1-45-17-14-29-23-30(26-47)38-24-33(29)35(45)20-27-8-11-31(12-9-27)52-39-22-28(10-13-37(39)49-4)21-36-40-32(15-18-46(36)2)34(25-44-16-7-19-48-3)41(50-5)43(51-6)42(40)53-38/h8-13,22-24,35-36,44,47H,7,14-21,25-26H2,1-6H3/t35-,36-/m0/s1. The highest BCUT2D eigenvalue weighted by Gasteiger charge is 2.37. The molecule has 0 amide bonds. The van der Waals surface area contributed by atoms with Crippen LogP contribution in [0.2, 0.25) is 0 Å². The van der Waals surface area contributed by atoms with Crippen LogP contribution >= 0.6 is 0 Å². The number of ether oxygens (including phenoxy) is 6. The SMILES string of the molecule is COCCCNCc1c2c3c(c(OC)c1OC)Oc1cc4c(cc1CO)CCN(C)[C@H]4Cc1ccc(cc1)Oc1cc(ccc1OC)C[C@@H]3N(C)CC2. The van der Waals surface area contributed by atoms with E-state index in [1.54, 1.807) is 28.4 Å². The van der Waals surface area contributed by atoms with E-state index in [0.29, 0.717) is 54.1 Å². The summed E-state index contributed by atoms with van der Waals surface area (Å²) in [4.78, 5) is 4.80. The summed E-state index contributed by atoms with van der Waals surface area (Å²) in [7, 11) is 11.1. The minimum atomic E-state index is -0.145. The number of methoxy groups -OCH3 is 4. The average molecular weight is 724 g/mol. The van der Waals surface area contributed by atoms with Crippen LogP contribution in [0.15, 0.2) is 54.6 Å². The van der Waals surface area contributed by atoms with Crippen molar-refractivity contribution in [1.29, 1.82) is 0 Å². The van der Waals surface area contributed by atoms with Gasteiger partial charge in [-0.05, 0) is 117 Å². The van der Waals surface area contributed by atoms with Gasteiger partial charge in [0.15, 0.2) is 23.0 Å². The van der Waals surface area contributed by atoms with Gasteiger partial charge in [-0.25, -0.2) is 0 Å². The van der Waals surface area contributed by atoms with Gasteiger partial charge in [-0.1, -0.05) is 18.2 Å². The summed E-state index contributed by atoms with van der Waals surface area (Å²) in [5.41, 5.74) is 8.83. The number of benzene rings is 4. The number of aliphatic hydroxyl groups excluding tert-OH is 1. The summed E-state index contributed by atoms with van der Waals surface area (Å²) >= 11 is 0. The van der Waals surface area contributed by atoms with Gasteiger partial charge in [-0.3, -0.25) is 9.80 Å². The number of fused-ring (bicyclic) bond motifs is 2. The fraction of sp³-hybridized carbons (Fsp3) is 0.442. The molecule has 0 aliphatic carbocycles. The van der Waals surface area contributed by atoms with Crippen LogP contribution in [0.5, 0.6) is 40.2 Å². The molecule has 6 bridgehead atoms. The molecule has 4 heterocycles. The lowest BCUT2D eigenvalue weighted by molar-refractivity contribution is 0.194. The van der Waals surface area contributed by atoms with E-state index < -0.39 is 0 Å². The Kier molecular flexibility index (Phi) is 11.4. The quantitative estimate of drug-likeness (QED) is 0.171. The maximum absolute atomic E-state index is 10.8. The lowest BCUT2D eigenvalue weighted by Gasteiger charge is -2.38. The summed E-state index contributed by atoms with van der Waals surface area (Å²) < 4.78 is 37.2. The Bertz CT molecular complexity index is 1910. The van der Waals surface area contributed by atoms with E-state index in [1.165, 1.54) is 22.3 Å². The van der Waals surface area contributed by atoms with E-state index in [-0.39, 0.29) is 18.7 Å². The number of nitrogens with zero attached hydrogens (tertiary/aromatic N) is 2. The number of rotatable bonds is 10. The summed E-state index contributed by atoms with van der Waals surface area (Å²) in [6.45, 7) is 3.73. The number of hydrogen-bond donors (Lipinski definition) is 2. The molecule has 0 aromatic heterocycles. The minimum Gasteiger partial charge on any atom is -0.493 e. The zero-order valence-corrected chi connectivity index (χ0v) is 31.9. The maximum Gasteiger partial charge on any atom is 0.204 e. The molecule has 4 aromatic rings. The molecule has 0 saturated carbocycles. The zero-order valence-electron chi connectivity index (χ0n) is 31.9. The topological polar surface area (TPSA) is 94.1 Å². The van der Waals surface area contributed by atoms with Gasteiger partial charge in [0.2, 0.25) is 5.75 Å².